The van der Waals surface area contributed by atoms with E-state index in [4.69, 9.17) is 0 Å². The molecule has 1 atom stereocenters. The number of rotatable bonds is 5. The van der Waals surface area contributed by atoms with Crippen molar-refractivity contribution in [3.8, 4) is 11.5 Å². The molecule has 2 aromatic carbocycles. The molecule has 3 N–H and O–H groups in total. The second kappa shape index (κ2) is 8.62. The van der Waals surface area contributed by atoms with Crippen LogP contribution in [-0.4, -0.2) is 48.1 Å². The Hall–Kier alpha value is -2.91. The number of nitrogens with one attached hydrogen (secondary N) is 1. The average Bonchev–Trinajstić information content (AvgIpc) is 2.70. The maximum Gasteiger partial charge on any atom is 0.244 e. The molecule has 0 aliphatic carbocycles. The first kappa shape index (κ1) is 20.8. The second-order valence-electron chi connectivity index (χ2n) is 6.99. The molecule has 154 valence electrons. The lowest BCUT2D eigenvalue weighted by Gasteiger charge is -2.30. The zero-order valence-electron chi connectivity index (χ0n) is 15.9. The molecule has 1 heterocycles. The highest BCUT2D eigenvalue weighted by atomic mass is 32.2. The van der Waals surface area contributed by atoms with Crippen molar-refractivity contribution in [2.24, 2.45) is 11.0 Å². The zero-order valence-corrected chi connectivity index (χ0v) is 16.8. The fraction of sp³-hybridized carbons (Fsp3) is 0.300. The van der Waals surface area contributed by atoms with Crippen molar-refractivity contribution in [2.45, 2.75) is 24.7 Å². The Balaban J connectivity index is 1.64. The lowest BCUT2D eigenvalue weighted by molar-refractivity contribution is -0.126. The van der Waals surface area contributed by atoms with Crippen molar-refractivity contribution in [1.29, 1.82) is 0 Å². The van der Waals surface area contributed by atoms with Crippen molar-refractivity contribution in [3.63, 3.8) is 0 Å². The van der Waals surface area contributed by atoms with Crippen molar-refractivity contribution < 1.29 is 23.4 Å². The largest absolute Gasteiger partial charge is 0.508 e. The predicted octanol–water partition coefficient (Wildman–Crippen LogP) is 1.96. The third-order valence-corrected chi connectivity index (χ3v) is 6.69. The van der Waals surface area contributed by atoms with Crippen LogP contribution in [0, 0.1) is 12.8 Å². The Labute approximate surface area is 169 Å². The normalized spacial score (nSPS) is 18.0. The Morgan fingerprint density at radius 3 is 2.62 bits per heavy atom. The average molecular weight is 417 g/mol. The van der Waals surface area contributed by atoms with E-state index < -0.39 is 15.9 Å². The van der Waals surface area contributed by atoms with Gasteiger partial charge in [-0.15, -0.1) is 0 Å². The number of sulfonamides is 1. The van der Waals surface area contributed by atoms with Crippen LogP contribution in [-0.2, 0) is 14.8 Å². The molecule has 1 fully saturated rings. The van der Waals surface area contributed by atoms with Crippen LogP contribution in [0.3, 0.4) is 0 Å². The monoisotopic (exact) mass is 417 g/mol. The van der Waals surface area contributed by atoms with Gasteiger partial charge < -0.3 is 10.2 Å². The van der Waals surface area contributed by atoms with Crippen LogP contribution in [0.25, 0.3) is 0 Å². The van der Waals surface area contributed by atoms with Gasteiger partial charge in [0.2, 0.25) is 15.9 Å². The van der Waals surface area contributed by atoms with Gasteiger partial charge in [0.1, 0.15) is 11.5 Å². The summed E-state index contributed by atoms with van der Waals surface area (Å²) < 4.78 is 27.0. The van der Waals surface area contributed by atoms with Crippen LogP contribution >= 0.6 is 0 Å². The van der Waals surface area contributed by atoms with Gasteiger partial charge in [-0.1, -0.05) is 17.7 Å². The summed E-state index contributed by atoms with van der Waals surface area (Å²) >= 11 is 0. The molecule has 1 saturated heterocycles. The number of aromatic hydroxyl groups is 2. The number of hydrogen-bond donors (Lipinski definition) is 3. The molecule has 3 rings (SSSR count). The summed E-state index contributed by atoms with van der Waals surface area (Å²) in [5.74, 6) is -1.16. The second-order valence-corrected chi connectivity index (χ2v) is 8.93. The van der Waals surface area contributed by atoms with Crippen LogP contribution in [0.1, 0.15) is 24.0 Å². The molecule has 0 bridgehead atoms. The Bertz CT molecular complexity index is 1020. The Morgan fingerprint density at radius 2 is 1.93 bits per heavy atom. The molecule has 0 spiro atoms. The van der Waals surface area contributed by atoms with Crippen molar-refractivity contribution in [3.05, 3.63) is 53.6 Å². The fourth-order valence-corrected chi connectivity index (χ4v) is 4.66. The quantitative estimate of drug-likeness (QED) is 0.507. The summed E-state index contributed by atoms with van der Waals surface area (Å²) in [7, 11) is -3.66. The topological polar surface area (TPSA) is 119 Å². The minimum atomic E-state index is -3.66. The summed E-state index contributed by atoms with van der Waals surface area (Å²) in [5, 5.41) is 22.8. The SMILES string of the molecule is Cc1ccc(S(=O)(=O)N2CCC[C@H](C(=O)N/N=C/c3ccc(O)cc3O)C2)cc1. The van der Waals surface area contributed by atoms with Crippen LogP contribution in [0.4, 0.5) is 0 Å². The molecule has 1 amide bonds. The number of benzene rings is 2. The first-order valence-electron chi connectivity index (χ1n) is 9.19. The maximum absolute atomic E-state index is 12.8. The predicted molar refractivity (Wildman–Crippen MR) is 108 cm³/mol. The first-order valence-corrected chi connectivity index (χ1v) is 10.6. The van der Waals surface area contributed by atoms with Gasteiger partial charge in [0.25, 0.3) is 0 Å². The highest BCUT2D eigenvalue weighted by molar-refractivity contribution is 7.89. The summed E-state index contributed by atoms with van der Waals surface area (Å²) in [6.07, 6.45) is 2.40. The molecule has 1 aliphatic rings. The van der Waals surface area contributed by atoms with Crippen molar-refractivity contribution >= 4 is 22.1 Å². The molecule has 1 aliphatic heterocycles. The number of carbonyl (C=O) groups is 1. The lowest BCUT2D eigenvalue weighted by Crippen LogP contribution is -2.44. The van der Waals surface area contributed by atoms with E-state index in [-0.39, 0.29) is 28.8 Å². The number of phenolic OH excluding ortho intramolecular Hbond substituents is 2. The molecule has 9 heteroatoms. The van der Waals surface area contributed by atoms with Gasteiger partial charge in [-0.3, -0.25) is 4.79 Å². The summed E-state index contributed by atoms with van der Waals surface area (Å²) in [6.45, 7) is 2.34. The summed E-state index contributed by atoms with van der Waals surface area (Å²) in [5.41, 5.74) is 3.70. The van der Waals surface area contributed by atoms with E-state index >= 15 is 0 Å². The molecule has 0 unspecified atom stereocenters. The van der Waals surface area contributed by atoms with E-state index in [1.165, 1.54) is 22.7 Å². The number of aryl methyl sites for hydroxylation is 1. The standard InChI is InChI=1S/C20H23N3O5S/c1-14-4-8-18(9-5-14)29(27,28)23-10-2-3-16(13-23)20(26)22-21-12-15-6-7-17(24)11-19(15)25/h4-9,11-12,16,24-25H,2-3,10,13H2,1H3,(H,22,26)/b21-12+/t16-/m0/s1. The smallest absolute Gasteiger partial charge is 0.244 e. The first-order chi connectivity index (χ1) is 13.8. The molecular formula is C20H23N3O5S. The van der Waals surface area contributed by atoms with Gasteiger partial charge in [0.05, 0.1) is 17.0 Å². The van der Waals surface area contributed by atoms with Crippen molar-refractivity contribution in [2.75, 3.05) is 13.1 Å². The number of hydrogen-bond acceptors (Lipinski definition) is 6. The third kappa shape index (κ3) is 4.93. The van der Waals surface area contributed by atoms with Gasteiger partial charge in [0.15, 0.2) is 0 Å². The Kier molecular flexibility index (Phi) is 6.19. The van der Waals surface area contributed by atoms with E-state index in [9.17, 15) is 23.4 Å². The number of amides is 1. The van der Waals surface area contributed by atoms with Gasteiger partial charge in [-0.2, -0.15) is 9.41 Å². The number of nitrogens with zero attached hydrogens (tertiary/aromatic N) is 2. The molecule has 8 nitrogen and oxygen atoms in total. The van der Waals surface area contributed by atoms with E-state index in [1.54, 1.807) is 24.3 Å². The van der Waals surface area contributed by atoms with Crippen LogP contribution in [0.2, 0.25) is 0 Å². The fourth-order valence-electron chi connectivity index (χ4n) is 3.13. The maximum atomic E-state index is 12.8. The van der Waals surface area contributed by atoms with E-state index in [2.05, 4.69) is 10.5 Å². The molecule has 29 heavy (non-hydrogen) atoms. The number of piperidine rings is 1. The summed E-state index contributed by atoms with van der Waals surface area (Å²) in [4.78, 5) is 12.6. The van der Waals surface area contributed by atoms with Crippen molar-refractivity contribution in [1.82, 2.24) is 9.73 Å². The van der Waals surface area contributed by atoms with Crippen LogP contribution in [0.5, 0.6) is 11.5 Å². The number of carbonyl (C=O) groups excluding carboxylic acids is 1. The molecule has 2 aromatic rings. The van der Waals surface area contributed by atoms with Crippen LogP contribution in [0.15, 0.2) is 52.5 Å². The molecule has 0 aromatic heterocycles. The number of hydrazone groups is 1. The lowest BCUT2D eigenvalue weighted by atomic mass is 9.99. The highest BCUT2D eigenvalue weighted by Gasteiger charge is 2.33. The van der Waals surface area contributed by atoms with E-state index in [0.717, 1.165) is 11.6 Å². The molecule has 0 radical (unpaired) electrons. The summed E-state index contributed by atoms with van der Waals surface area (Å²) in [6, 6.07) is 10.6. The van der Waals surface area contributed by atoms with Gasteiger partial charge in [-0.25, -0.2) is 13.8 Å². The van der Waals surface area contributed by atoms with Gasteiger partial charge in [0, 0.05) is 24.7 Å². The Morgan fingerprint density at radius 1 is 1.21 bits per heavy atom. The van der Waals surface area contributed by atoms with Gasteiger partial charge in [-0.05, 0) is 44.0 Å². The van der Waals surface area contributed by atoms with Gasteiger partial charge >= 0.3 is 0 Å². The molecular weight excluding hydrogens is 394 g/mol. The third-order valence-electron chi connectivity index (χ3n) is 4.81. The van der Waals surface area contributed by atoms with Crippen LogP contribution < -0.4 is 5.43 Å². The minimum Gasteiger partial charge on any atom is -0.508 e. The van der Waals surface area contributed by atoms with E-state index in [0.29, 0.717) is 24.9 Å². The minimum absolute atomic E-state index is 0.0826. The van der Waals surface area contributed by atoms with E-state index in [1.807, 2.05) is 6.92 Å². The zero-order chi connectivity index (χ0) is 21.0. The number of phenols is 2. The molecule has 0 saturated carbocycles. The highest BCUT2D eigenvalue weighted by Crippen LogP contribution is 2.24.